The number of rotatable bonds is 7. The molecule has 0 heterocycles. The molecule has 0 spiro atoms. The van der Waals surface area contributed by atoms with E-state index in [-0.39, 0.29) is 12.5 Å². The van der Waals surface area contributed by atoms with Gasteiger partial charge in [0.2, 0.25) is 0 Å². The largest absolute Gasteiger partial charge is 0.486 e. The highest BCUT2D eigenvalue weighted by atomic mass is 16.5. The van der Waals surface area contributed by atoms with Crippen molar-refractivity contribution in [3.05, 3.63) is 54.1 Å². The maximum Gasteiger partial charge on any atom is 0.253 e. The smallest absolute Gasteiger partial charge is 0.253 e. The van der Waals surface area contributed by atoms with Gasteiger partial charge in [-0.15, -0.1) is 0 Å². The standard InChI is InChI=1S/C19H21NO3/c1-3-20(4-2)19(22)16-10-8-15(9-11-16)17-6-5-7-18(14-17)23-13-12-21/h5-12,14H,3-4,13H2,1-2H3. The second-order valence-corrected chi connectivity index (χ2v) is 5.06. The first-order chi connectivity index (χ1) is 11.2. The Morgan fingerprint density at radius 2 is 1.74 bits per heavy atom. The second kappa shape index (κ2) is 8.13. The summed E-state index contributed by atoms with van der Waals surface area (Å²) >= 11 is 0. The van der Waals surface area contributed by atoms with E-state index < -0.39 is 0 Å². The summed E-state index contributed by atoms with van der Waals surface area (Å²) in [6, 6.07) is 15.1. The van der Waals surface area contributed by atoms with Gasteiger partial charge in [-0.2, -0.15) is 0 Å². The third kappa shape index (κ3) is 4.19. The molecule has 23 heavy (non-hydrogen) atoms. The van der Waals surface area contributed by atoms with E-state index in [2.05, 4.69) is 0 Å². The number of ether oxygens (including phenoxy) is 1. The third-order valence-corrected chi connectivity index (χ3v) is 3.67. The van der Waals surface area contributed by atoms with Crippen LogP contribution >= 0.6 is 0 Å². The molecule has 120 valence electrons. The number of carbonyl (C=O) groups is 2. The van der Waals surface area contributed by atoms with Gasteiger partial charge in [-0.1, -0.05) is 24.3 Å². The van der Waals surface area contributed by atoms with Crippen LogP contribution in [0.25, 0.3) is 11.1 Å². The summed E-state index contributed by atoms with van der Waals surface area (Å²) in [7, 11) is 0. The van der Waals surface area contributed by atoms with E-state index in [1.165, 1.54) is 0 Å². The zero-order valence-electron chi connectivity index (χ0n) is 13.5. The molecule has 0 unspecified atom stereocenters. The lowest BCUT2D eigenvalue weighted by Crippen LogP contribution is -2.30. The molecular weight excluding hydrogens is 290 g/mol. The average Bonchev–Trinajstić information content (AvgIpc) is 2.61. The van der Waals surface area contributed by atoms with Gasteiger partial charge in [0, 0.05) is 18.7 Å². The Labute approximate surface area is 136 Å². The summed E-state index contributed by atoms with van der Waals surface area (Å²) in [5.74, 6) is 0.697. The predicted molar refractivity (Wildman–Crippen MR) is 90.7 cm³/mol. The maximum atomic E-state index is 12.3. The molecule has 0 bridgehead atoms. The maximum absolute atomic E-state index is 12.3. The van der Waals surface area contributed by atoms with Gasteiger partial charge in [-0.05, 0) is 49.2 Å². The number of hydrogen-bond acceptors (Lipinski definition) is 3. The number of benzene rings is 2. The van der Waals surface area contributed by atoms with Gasteiger partial charge in [0.05, 0.1) is 0 Å². The molecule has 0 radical (unpaired) electrons. The van der Waals surface area contributed by atoms with Crippen LogP contribution in [0.15, 0.2) is 48.5 Å². The van der Waals surface area contributed by atoms with Crippen molar-refractivity contribution in [3.8, 4) is 16.9 Å². The van der Waals surface area contributed by atoms with Crippen LogP contribution < -0.4 is 4.74 Å². The lowest BCUT2D eigenvalue weighted by Gasteiger charge is -2.18. The molecule has 4 nitrogen and oxygen atoms in total. The molecule has 2 aromatic carbocycles. The lowest BCUT2D eigenvalue weighted by atomic mass is 10.0. The minimum atomic E-state index is 0.0424. The van der Waals surface area contributed by atoms with Crippen molar-refractivity contribution >= 4 is 12.2 Å². The van der Waals surface area contributed by atoms with Gasteiger partial charge < -0.3 is 9.64 Å². The van der Waals surface area contributed by atoms with Gasteiger partial charge >= 0.3 is 0 Å². The molecule has 0 aliphatic carbocycles. The minimum Gasteiger partial charge on any atom is -0.486 e. The average molecular weight is 311 g/mol. The Morgan fingerprint density at radius 3 is 2.35 bits per heavy atom. The molecule has 4 heteroatoms. The van der Waals surface area contributed by atoms with Crippen molar-refractivity contribution in [1.29, 1.82) is 0 Å². The third-order valence-electron chi connectivity index (χ3n) is 3.67. The monoisotopic (exact) mass is 311 g/mol. The molecule has 0 N–H and O–H groups in total. The number of aldehydes is 1. The quantitative estimate of drug-likeness (QED) is 0.736. The van der Waals surface area contributed by atoms with Crippen LogP contribution in [-0.2, 0) is 4.79 Å². The van der Waals surface area contributed by atoms with Gasteiger partial charge in [-0.3, -0.25) is 9.59 Å². The fraction of sp³-hybridized carbons (Fsp3) is 0.263. The first-order valence-electron chi connectivity index (χ1n) is 7.75. The summed E-state index contributed by atoms with van der Waals surface area (Å²) in [6.45, 7) is 5.39. The van der Waals surface area contributed by atoms with Crippen LogP contribution in [0.4, 0.5) is 0 Å². The molecular formula is C19H21NO3. The van der Waals surface area contributed by atoms with E-state index >= 15 is 0 Å². The van der Waals surface area contributed by atoms with E-state index in [1.807, 2.05) is 62.4 Å². The number of hydrogen-bond donors (Lipinski definition) is 0. The SMILES string of the molecule is CCN(CC)C(=O)c1ccc(-c2cccc(OCC=O)c2)cc1. The van der Waals surface area contributed by atoms with Gasteiger partial charge in [0.15, 0.2) is 6.29 Å². The van der Waals surface area contributed by atoms with Crippen molar-refractivity contribution in [2.75, 3.05) is 19.7 Å². The highest BCUT2D eigenvalue weighted by molar-refractivity contribution is 5.94. The van der Waals surface area contributed by atoms with Gasteiger partial charge in [0.25, 0.3) is 5.91 Å². The number of amides is 1. The molecule has 0 aromatic heterocycles. The van der Waals surface area contributed by atoms with Gasteiger partial charge in [0.1, 0.15) is 12.4 Å². The molecule has 1 amide bonds. The summed E-state index contributed by atoms with van der Waals surface area (Å²) < 4.78 is 5.31. The van der Waals surface area contributed by atoms with Crippen LogP contribution in [0.2, 0.25) is 0 Å². The molecule has 0 aliphatic rings. The molecule has 2 rings (SSSR count). The second-order valence-electron chi connectivity index (χ2n) is 5.06. The Morgan fingerprint density at radius 1 is 1.04 bits per heavy atom. The van der Waals surface area contributed by atoms with Crippen molar-refractivity contribution in [2.24, 2.45) is 0 Å². The molecule has 0 aliphatic heterocycles. The van der Waals surface area contributed by atoms with Crippen molar-refractivity contribution in [2.45, 2.75) is 13.8 Å². The number of carbonyl (C=O) groups excluding carboxylic acids is 2. The summed E-state index contributed by atoms with van der Waals surface area (Å²) in [5, 5.41) is 0. The number of nitrogens with zero attached hydrogens (tertiary/aromatic N) is 1. The van der Waals surface area contributed by atoms with E-state index in [0.717, 1.165) is 17.4 Å². The van der Waals surface area contributed by atoms with E-state index in [4.69, 9.17) is 4.74 Å². The highest BCUT2D eigenvalue weighted by Crippen LogP contribution is 2.24. The Hall–Kier alpha value is -2.62. The van der Waals surface area contributed by atoms with E-state index in [1.54, 1.807) is 4.90 Å². The Kier molecular flexibility index (Phi) is 5.92. The van der Waals surface area contributed by atoms with Crippen LogP contribution in [0.5, 0.6) is 5.75 Å². The van der Waals surface area contributed by atoms with E-state index in [9.17, 15) is 9.59 Å². The highest BCUT2D eigenvalue weighted by Gasteiger charge is 2.12. The minimum absolute atomic E-state index is 0.0424. The molecule has 0 fully saturated rings. The first-order valence-corrected chi connectivity index (χ1v) is 7.75. The van der Waals surface area contributed by atoms with Crippen LogP contribution in [0.3, 0.4) is 0 Å². The fourth-order valence-electron chi connectivity index (χ4n) is 2.39. The first kappa shape index (κ1) is 16.7. The zero-order valence-corrected chi connectivity index (χ0v) is 13.5. The van der Waals surface area contributed by atoms with Gasteiger partial charge in [-0.25, -0.2) is 0 Å². The summed E-state index contributed by atoms with van der Waals surface area (Å²) in [5.41, 5.74) is 2.67. The van der Waals surface area contributed by atoms with Crippen molar-refractivity contribution in [1.82, 2.24) is 4.90 Å². The lowest BCUT2D eigenvalue weighted by molar-refractivity contribution is -0.109. The topological polar surface area (TPSA) is 46.6 Å². The van der Waals surface area contributed by atoms with E-state index in [0.29, 0.717) is 24.4 Å². The molecule has 0 saturated heterocycles. The fourth-order valence-corrected chi connectivity index (χ4v) is 2.39. The zero-order chi connectivity index (χ0) is 16.7. The van der Waals surface area contributed by atoms with Crippen LogP contribution in [0, 0.1) is 0 Å². The Bertz CT molecular complexity index is 661. The Balaban J connectivity index is 2.19. The van der Waals surface area contributed by atoms with Crippen molar-refractivity contribution in [3.63, 3.8) is 0 Å². The molecule has 0 saturated carbocycles. The van der Waals surface area contributed by atoms with Crippen LogP contribution in [0.1, 0.15) is 24.2 Å². The predicted octanol–water partition coefficient (Wildman–Crippen LogP) is 3.41. The van der Waals surface area contributed by atoms with Crippen molar-refractivity contribution < 1.29 is 14.3 Å². The molecule has 2 aromatic rings. The summed E-state index contributed by atoms with van der Waals surface area (Å²) in [4.78, 5) is 24.5. The summed E-state index contributed by atoms with van der Waals surface area (Å²) in [6.07, 6.45) is 0.723. The molecule has 0 atom stereocenters. The van der Waals surface area contributed by atoms with Crippen LogP contribution in [-0.4, -0.2) is 36.8 Å². The normalized spacial score (nSPS) is 10.2.